The Bertz CT molecular complexity index is 1170. The molecule has 0 N–H and O–H groups in total. The Kier molecular flexibility index (Phi) is 15.7. The predicted octanol–water partition coefficient (Wildman–Crippen LogP) is 10.0. The van der Waals surface area contributed by atoms with Gasteiger partial charge in [0, 0.05) is 17.9 Å². The van der Waals surface area contributed by atoms with Crippen molar-refractivity contribution in [1.82, 2.24) is 0 Å². The molecule has 3 rings (SSSR count). The zero-order valence-electron chi connectivity index (χ0n) is 27.6. The maximum atomic E-state index is 13.5. The summed E-state index contributed by atoms with van der Waals surface area (Å²) in [4.78, 5) is 38.0. The van der Waals surface area contributed by atoms with E-state index < -0.39 is 0 Å². The van der Waals surface area contributed by atoms with Crippen molar-refractivity contribution in [3.05, 3.63) is 81.9 Å². The second-order valence-corrected chi connectivity index (χ2v) is 12.4. The molecule has 0 aromatic heterocycles. The van der Waals surface area contributed by atoms with E-state index in [1.807, 2.05) is 0 Å². The first-order valence-corrected chi connectivity index (χ1v) is 16.6. The van der Waals surface area contributed by atoms with Gasteiger partial charge in [-0.05, 0) is 86.5 Å². The smallest absolute Gasteiger partial charge is 0.163 e. The Morgan fingerprint density at radius 2 is 1.64 bits per heavy atom. The van der Waals surface area contributed by atoms with Gasteiger partial charge >= 0.3 is 0 Å². The van der Waals surface area contributed by atoms with Crippen LogP contribution in [0.3, 0.4) is 0 Å². The monoisotopic (exact) mass is 572 g/mol. The Balaban J connectivity index is 0.00000197. The minimum absolute atomic E-state index is 0.0347. The molecule has 3 heteroatoms. The van der Waals surface area contributed by atoms with E-state index in [0.717, 1.165) is 68.9 Å². The number of carbonyl (C=O) groups excluding carboxylic acids is 3. The minimum atomic E-state index is -0.0888. The van der Waals surface area contributed by atoms with E-state index in [0.29, 0.717) is 6.42 Å². The van der Waals surface area contributed by atoms with Crippen LogP contribution in [0.25, 0.3) is 0 Å². The third kappa shape index (κ3) is 10.8. The lowest BCUT2D eigenvalue weighted by Crippen LogP contribution is -2.30. The Morgan fingerprint density at radius 1 is 0.952 bits per heavy atom. The van der Waals surface area contributed by atoms with Crippen LogP contribution < -0.4 is 0 Å². The molecule has 2 aromatic carbocycles. The zero-order valence-corrected chi connectivity index (χ0v) is 27.6. The minimum Gasteiger partial charge on any atom is -0.300 e. The fourth-order valence-electron chi connectivity index (χ4n) is 6.66. The zero-order chi connectivity index (χ0) is 31.1. The van der Waals surface area contributed by atoms with Gasteiger partial charge in [-0.15, -0.1) is 0 Å². The van der Waals surface area contributed by atoms with E-state index >= 15 is 0 Å². The van der Waals surface area contributed by atoms with Crippen LogP contribution in [0.15, 0.2) is 54.1 Å². The number of Topliss-reactive ketones (excluding diaryl/α,β-unsaturated/α-hetero) is 3. The molecule has 3 nitrogen and oxygen atoms in total. The third-order valence-corrected chi connectivity index (χ3v) is 8.52. The van der Waals surface area contributed by atoms with E-state index in [1.165, 1.54) is 35.6 Å². The van der Waals surface area contributed by atoms with Gasteiger partial charge in [-0.25, -0.2) is 0 Å². The van der Waals surface area contributed by atoms with E-state index in [1.54, 1.807) is 0 Å². The molecule has 0 saturated carbocycles. The summed E-state index contributed by atoms with van der Waals surface area (Å²) in [5, 5.41) is 0. The maximum Gasteiger partial charge on any atom is 0.163 e. The molecule has 0 bridgehead atoms. The van der Waals surface area contributed by atoms with Crippen molar-refractivity contribution in [3.63, 3.8) is 0 Å². The number of ketones is 3. The van der Waals surface area contributed by atoms with Gasteiger partial charge < -0.3 is 0 Å². The van der Waals surface area contributed by atoms with Crippen molar-refractivity contribution in [3.8, 4) is 0 Å². The van der Waals surface area contributed by atoms with Crippen LogP contribution in [0.2, 0.25) is 0 Å². The van der Waals surface area contributed by atoms with Crippen LogP contribution in [0.5, 0.6) is 0 Å². The third-order valence-electron chi connectivity index (χ3n) is 8.52. The number of benzene rings is 2. The van der Waals surface area contributed by atoms with Crippen LogP contribution in [0.1, 0.15) is 132 Å². The summed E-state index contributed by atoms with van der Waals surface area (Å²) in [6.07, 6.45) is 12.7. The molecule has 230 valence electrons. The molecule has 0 amide bonds. The Labute approximate surface area is 256 Å². The molecule has 3 atom stereocenters. The van der Waals surface area contributed by atoms with E-state index in [4.69, 9.17) is 0 Å². The van der Waals surface area contributed by atoms with Crippen molar-refractivity contribution in [1.29, 1.82) is 0 Å². The Hall–Kier alpha value is -2.81. The number of carbonyl (C=O) groups is 3. The average molecular weight is 573 g/mol. The van der Waals surface area contributed by atoms with Crippen molar-refractivity contribution in [2.75, 3.05) is 0 Å². The highest BCUT2D eigenvalue weighted by Gasteiger charge is 2.33. The average Bonchev–Trinajstić information content (AvgIpc) is 2.94. The Morgan fingerprint density at radius 3 is 2.24 bits per heavy atom. The number of allylic oxidation sites excluding steroid dienone is 2. The van der Waals surface area contributed by atoms with Crippen molar-refractivity contribution < 1.29 is 14.4 Å². The molecular weight excluding hydrogens is 516 g/mol. The van der Waals surface area contributed by atoms with E-state index in [9.17, 15) is 14.4 Å². The molecule has 1 aliphatic rings. The standard InChI is InChI=1S/C36H48O3.C3H8/c1-6-12-28(17-16-27-14-10-9-11-15-27)21-30-18-19-32-23-29(24-35(39)36(32)26(30)5)22-31(13-7-2)33(8-3)34(38)20-25(4)37;1-3-2/h9-11,14-15,17-19,29,31,33H,6-8,12-13,16,20-24H2,1-5H3;3H2,1-2H3/b28-17+;. The lowest BCUT2D eigenvalue weighted by Gasteiger charge is -2.32. The number of hydrogen-bond donors (Lipinski definition) is 0. The summed E-state index contributed by atoms with van der Waals surface area (Å²) in [6, 6.07) is 15.0. The summed E-state index contributed by atoms with van der Waals surface area (Å²) < 4.78 is 0. The van der Waals surface area contributed by atoms with Crippen molar-refractivity contribution >= 4 is 17.3 Å². The van der Waals surface area contributed by atoms with Gasteiger partial charge in [-0.2, -0.15) is 0 Å². The molecule has 3 unspecified atom stereocenters. The first-order valence-electron chi connectivity index (χ1n) is 16.6. The largest absolute Gasteiger partial charge is 0.300 e. The summed E-state index contributed by atoms with van der Waals surface area (Å²) in [6.45, 7) is 14.3. The van der Waals surface area contributed by atoms with Crippen LogP contribution in [-0.2, 0) is 28.9 Å². The van der Waals surface area contributed by atoms with E-state index in [2.05, 4.69) is 90.1 Å². The highest BCUT2D eigenvalue weighted by atomic mass is 16.1. The van der Waals surface area contributed by atoms with Crippen LogP contribution in [0, 0.1) is 24.7 Å². The SMILES string of the molecule is CCC.CCC/C(=C\Cc1ccccc1)Cc1ccc2c(c1C)C(=O)CC(CC(CCC)C(CC)C(=O)CC(C)=O)C2. The van der Waals surface area contributed by atoms with Crippen LogP contribution in [0.4, 0.5) is 0 Å². The first-order chi connectivity index (χ1) is 20.2. The normalized spacial score (nSPS) is 16.2. The van der Waals surface area contributed by atoms with E-state index in [-0.39, 0.29) is 41.5 Å². The number of fused-ring (bicyclic) bond motifs is 1. The predicted molar refractivity (Wildman–Crippen MR) is 177 cm³/mol. The molecule has 0 heterocycles. The summed E-state index contributed by atoms with van der Waals surface area (Å²) in [5.74, 6) is 0.678. The molecule has 1 aliphatic carbocycles. The number of rotatable bonds is 15. The van der Waals surface area contributed by atoms with Gasteiger partial charge in [0.05, 0.1) is 6.42 Å². The molecule has 0 radical (unpaired) electrons. The summed E-state index contributed by atoms with van der Waals surface area (Å²) >= 11 is 0. The molecule has 0 aliphatic heterocycles. The van der Waals surface area contributed by atoms with Crippen molar-refractivity contribution in [2.24, 2.45) is 17.8 Å². The second-order valence-electron chi connectivity index (χ2n) is 12.4. The topological polar surface area (TPSA) is 51.2 Å². The fourth-order valence-corrected chi connectivity index (χ4v) is 6.66. The quantitative estimate of drug-likeness (QED) is 0.158. The van der Waals surface area contributed by atoms with Gasteiger partial charge in [0.1, 0.15) is 11.6 Å². The second kappa shape index (κ2) is 18.7. The summed E-state index contributed by atoms with van der Waals surface area (Å²) in [5.41, 5.74) is 7.28. The van der Waals surface area contributed by atoms with Gasteiger partial charge in [0.2, 0.25) is 0 Å². The molecule has 0 saturated heterocycles. The fraction of sp³-hybridized carbons (Fsp3) is 0.564. The van der Waals surface area contributed by atoms with Gasteiger partial charge in [0.25, 0.3) is 0 Å². The van der Waals surface area contributed by atoms with Gasteiger partial charge in [-0.1, -0.05) is 114 Å². The summed E-state index contributed by atoms with van der Waals surface area (Å²) in [7, 11) is 0. The lowest BCUT2D eigenvalue weighted by atomic mass is 9.71. The maximum absolute atomic E-state index is 13.5. The molecule has 0 spiro atoms. The molecular formula is C39H56O3. The lowest BCUT2D eigenvalue weighted by molar-refractivity contribution is -0.129. The van der Waals surface area contributed by atoms with Crippen LogP contribution >= 0.6 is 0 Å². The first kappa shape index (κ1) is 35.4. The van der Waals surface area contributed by atoms with Crippen LogP contribution in [-0.4, -0.2) is 17.3 Å². The van der Waals surface area contributed by atoms with Crippen molar-refractivity contribution in [2.45, 2.75) is 126 Å². The van der Waals surface area contributed by atoms with Gasteiger partial charge in [-0.3, -0.25) is 14.4 Å². The highest BCUT2D eigenvalue weighted by Crippen LogP contribution is 2.37. The molecule has 42 heavy (non-hydrogen) atoms. The highest BCUT2D eigenvalue weighted by molar-refractivity contribution is 6.00. The molecule has 2 aromatic rings. The van der Waals surface area contributed by atoms with Gasteiger partial charge in [0.15, 0.2) is 5.78 Å². The number of hydrogen-bond acceptors (Lipinski definition) is 3. The molecule has 0 fully saturated rings.